The standard InChI is InChI=1S/C24H23FN4O4/c1-24(2,3)32-23(31)29-14-18(30)12-20(29)22-27-21(28-33-22)19-10-9-16(13-26-19)8-7-15-5-4-6-17(25)11-15/h4-6,9-11,13,18,20,30H,12,14H2,1-3H3. The summed E-state index contributed by atoms with van der Waals surface area (Å²) >= 11 is 0. The molecule has 170 valence electrons. The van der Waals surface area contributed by atoms with Gasteiger partial charge in [-0.1, -0.05) is 23.1 Å². The third kappa shape index (κ3) is 5.54. The number of halogens is 1. The maximum atomic E-state index is 13.3. The second-order valence-corrected chi connectivity index (χ2v) is 8.69. The molecule has 0 bridgehead atoms. The predicted octanol–water partition coefficient (Wildman–Crippen LogP) is 3.71. The van der Waals surface area contributed by atoms with Crippen molar-refractivity contribution < 1.29 is 23.6 Å². The van der Waals surface area contributed by atoms with Gasteiger partial charge >= 0.3 is 6.09 Å². The van der Waals surface area contributed by atoms with Crippen LogP contribution in [0.5, 0.6) is 0 Å². The maximum absolute atomic E-state index is 13.3. The van der Waals surface area contributed by atoms with Crippen LogP contribution in [0.4, 0.5) is 9.18 Å². The highest BCUT2D eigenvalue weighted by Crippen LogP contribution is 2.33. The number of rotatable bonds is 2. The number of carbonyl (C=O) groups is 1. The van der Waals surface area contributed by atoms with Crippen molar-refractivity contribution in [2.24, 2.45) is 0 Å². The number of benzene rings is 1. The molecule has 9 heteroatoms. The number of hydrogen-bond acceptors (Lipinski definition) is 7. The van der Waals surface area contributed by atoms with Crippen molar-refractivity contribution in [3.05, 3.63) is 65.4 Å². The molecule has 1 aliphatic rings. The Hall–Kier alpha value is -3.77. The molecule has 3 aromatic rings. The fraction of sp³-hybridized carbons (Fsp3) is 0.333. The molecule has 1 aromatic carbocycles. The second-order valence-electron chi connectivity index (χ2n) is 8.69. The molecule has 1 aliphatic heterocycles. The maximum Gasteiger partial charge on any atom is 0.411 e. The Bertz CT molecular complexity index is 1210. The van der Waals surface area contributed by atoms with E-state index in [0.29, 0.717) is 16.8 Å². The Labute approximate surface area is 190 Å². The highest BCUT2D eigenvalue weighted by molar-refractivity contribution is 5.69. The zero-order valence-electron chi connectivity index (χ0n) is 18.4. The van der Waals surface area contributed by atoms with Gasteiger partial charge in [-0.05, 0) is 51.1 Å². The topological polar surface area (TPSA) is 102 Å². The molecule has 0 aliphatic carbocycles. The number of aromatic nitrogens is 3. The average Bonchev–Trinajstić information content (AvgIpc) is 3.38. The molecule has 0 saturated carbocycles. The SMILES string of the molecule is CC(C)(C)OC(=O)N1CC(O)CC1c1nc(-c2ccc(C#Cc3cccc(F)c3)cn2)no1. The van der Waals surface area contributed by atoms with Crippen molar-refractivity contribution in [3.8, 4) is 23.4 Å². The van der Waals surface area contributed by atoms with E-state index < -0.39 is 23.8 Å². The van der Waals surface area contributed by atoms with Crippen LogP contribution < -0.4 is 0 Å². The van der Waals surface area contributed by atoms with Gasteiger partial charge < -0.3 is 14.4 Å². The molecule has 2 unspecified atom stereocenters. The molecule has 1 amide bonds. The van der Waals surface area contributed by atoms with Crippen LogP contribution in [0.2, 0.25) is 0 Å². The summed E-state index contributed by atoms with van der Waals surface area (Å²) in [6.45, 7) is 5.44. The Morgan fingerprint density at radius 2 is 2.03 bits per heavy atom. The van der Waals surface area contributed by atoms with E-state index in [4.69, 9.17) is 9.26 Å². The van der Waals surface area contributed by atoms with E-state index in [1.54, 1.807) is 51.2 Å². The number of aliphatic hydroxyl groups excluding tert-OH is 1. The minimum absolute atomic E-state index is 0.119. The number of nitrogens with zero attached hydrogens (tertiary/aromatic N) is 4. The van der Waals surface area contributed by atoms with Gasteiger partial charge in [0.05, 0.1) is 12.6 Å². The zero-order chi connectivity index (χ0) is 23.6. The minimum Gasteiger partial charge on any atom is -0.444 e. The van der Waals surface area contributed by atoms with Crippen LogP contribution in [0.3, 0.4) is 0 Å². The number of pyridine rings is 1. The molecule has 33 heavy (non-hydrogen) atoms. The van der Waals surface area contributed by atoms with Crippen LogP contribution in [-0.4, -0.2) is 49.5 Å². The number of aliphatic hydroxyl groups is 1. The van der Waals surface area contributed by atoms with Gasteiger partial charge in [0.1, 0.15) is 23.2 Å². The van der Waals surface area contributed by atoms with E-state index in [9.17, 15) is 14.3 Å². The van der Waals surface area contributed by atoms with E-state index in [-0.39, 0.29) is 30.5 Å². The van der Waals surface area contributed by atoms with E-state index in [2.05, 4.69) is 27.0 Å². The van der Waals surface area contributed by atoms with Gasteiger partial charge in [-0.3, -0.25) is 9.88 Å². The largest absolute Gasteiger partial charge is 0.444 e. The first-order chi connectivity index (χ1) is 15.7. The summed E-state index contributed by atoms with van der Waals surface area (Å²) < 4.78 is 24.1. The lowest BCUT2D eigenvalue weighted by Gasteiger charge is -2.26. The highest BCUT2D eigenvalue weighted by Gasteiger charge is 2.40. The Morgan fingerprint density at radius 1 is 1.24 bits per heavy atom. The highest BCUT2D eigenvalue weighted by atomic mass is 19.1. The lowest BCUT2D eigenvalue weighted by molar-refractivity contribution is 0.0184. The molecular formula is C24H23FN4O4. The van der Waals surface area contributed by atoms with Gasteiger partial charge in [0.2, 0.25) is 11.7 Å². The fourth-order valence-corrected chi connectivity index (χ4v) is 3.36. The van der Waals surface area contributed by atoms with Crippen LogP contribution >= 0.6 is 0 Å². The van der Waals surface area contributed by atoms with Crippen LogP contribution in [0, 0.1) is 17.7 Å². The van der Waals surface area contributed by atoms with Gasteiger partial charge in [-0.2, -0.15) is 4.98 Å². The molecule has 0 spiro atoms. The van der Waals surface area contributed by atoms with Crippen molar-refractivity contribution in [2.45, 2.75) is 44.9 Å². The monoisotopic (exact) mass is 450 g/mol. The number of likely N-dealkylation sites (tertiary alicyclic amines) is 1. The van der Waals surface area contributed by atoms with Crippen molar-refractivity contribution in [2.75, 3.05) is 6.54 Å². The third-order valence-electron chi connectivity index (χ3n) is 4.80. The van der Waals surface area contributed by atoms with Crippen LogP contribution in [-0.2, 0) is 4.74 Å². The fourth-order valence-electron chi connectivity index (χ4n) is 3.36. The molecule has 8 nitrogen and oxygen atoms in total. The first-order valence-corrected chi connectivity index (χ1v) is 10.4. The van der Waals surface area contributed by atoms with E-state index in [1.807, 2.05) is 0 Å². The van der Waals surface area contributed by atoms with Gasteiger partial charge in [0.25, 0.3) is 0 Å². The summed E-state index contributed by atoms with van der Waals surface area (Å²) in [6, 6.07) is 8.89. The molecule has 4 rings (SSSR count). The summed E-state index contributed by atoms with van der Waals surface area (Å²) in [4.78, 5) is 22.6. The van der Waals surface area contributed by atoms with Crippen molar-refractivity contribution >= 4 is 6.09 Å². The lowest BCUT2D eigenvalue weighted by atomic mass is 10.2. The summed E-state index contributed by atoms with van der Waals surface area (Å²) in [7, 11) is 0. The van der Waals surface area contributed by atoms with E-state index in [0.717, 1.165) is 0 Å². The first kappa shape index (κ1) is 22.4. The number of hydrogen-bond donors (Lipinski definition) is 1. The molecule has 3 heterocycles. The number of β-amino-alcohol motifs (C(OH)–C–C–N with tert-alkyl or cyclic N) is 1. The van der Waals surface area contributed by atoms with E-state index in [1.165, 1.54) is 17.0 Å². The summed E-state index contributed by atoms with van der Waals surface area (Å²) in [5.74, 6) is 5.92. The summed E-state index contributed by atoms with van der Waals surface area (Å²) in [6.07, 6.45) is 0.558. The van der Waals surface area contributed by atoms with Gasteiger partial charge in [-0.25, -0.2) is 9.18 Å². The predicted molar refractivity (Wildman–Crippen MR) is 116 cm³/mol. The summed E-state index contributed by atoms with van der Waals surface area (Å²) in [5, 5.41) is 14.1. The molecule has 2 atom stereocenters. The molecule has 1 fully saturated rings. The lowest BCUT2D eigenvalue weighted by Crippen LogP contribution is -2.37. The normalized spacial score (nSPS) is 18.0. The van der Waals surface area contributed by atoms with Crippen LogP contribution in [0.15, 0.2) is 47.1 Å². The quantitative estimate of drug-likeness (QED) is 0.594. The number of carbonyl (C=O) groups excluding carboxylic acids is 1. The molecule has 0 radical (unpaired) electrons. The van der Waals surface area contributed by atoms with Crippen LogP contribution in [0.1, 0.15) is 50.3 Å². The van der Waals surface area contributed by atoms with Crippen molar-refractivity contribution in [3.63, 3.8) is 0 Å². The smallest absolute Gasteiger partial charge is 0.411 e. The molecular weight excluding hydrogens is 427 g/mol. The number of amides is 1. The van der Waals surface area contributed by atoms with Gasteiger partial charge in [0, 0.05) is 23.7 Å². The first-order valence-electron chi connectivity index (χ1n) is 10.4. The third-order valence-corrected chi connectivity index (χ3v) is 4.80. The molecule has 2 aromatic heterocycles. The van der Waals surface area contributed by atoms with E-state index >= 15 is 0 Å². The van der Waals surface area contributed by atoms with Crippen LogP contribution in [0.25, 0.3) is 11.5 Å². The van der Waals surface area contributed by atoms with Crippen molar-refractivity contribution in [1.82, 2.24) is 20.0 Å². The molecule has 1 N–H and O–H groups in total. The minimum atomic E-state index is -0.716. The second kappa shape index (κ2) is 9.00. The number of ether oxygens (including phenoxy) is 1. The summed E-state index contributed by atoms with van der Waals surface area (Å²) in [5.41, 5.74) is 0.999. The Morgan fingerprint density at radius 3 is 2.73 bits per heavy atom. The Balaban J connectivity index is 1.49. The zero-order valence-corrected chi connectivity index (χ0v) is 18.4. The Kier molecular flexibility index (Phi) is 6.11. The van der Waals surface area contributed by atoms with Crippen molar-refractivity contribution in [1.29, 1.82) is 0 Å². The van der Waals surface area contributed by atoms with Gasteiger partial charge in [0.15, 0.2) is 0 Å². The average molecular weight is 450 g/mol. The molecule has 1 saturated heterocycles. The van der Waals surface area contributed by atoms with Gasteiger partial charge in [-0.15, -0.1) is 0 Å².